The van der Waals surface area contributed by atoms with Crippen LogP contribution < -0.4 is 10.5 Å². The summed E-state index contributed by atoms with van der Waals surface area (Å²) >= 11 is 5.99. The first kappa shape index (κ1) is 13.6. The number of aromatic nitrogens is 1. The molecule has 5 nitrogen and oxygen atoms in total. The second-order valence-electron chi connectivity index (χ2n) is 4.01. The van der Waals surface area contributed by atoms with Crippen LogP contribution in [0.5, 0.6) is 0 Å². The molecule has 2 aromatic rings. The summed E-state index contributed by atoms with van der Waals surface area (Å²) in [5.74, 6) is 0.137. The Kier molecular flexibility index (Phi) is 3.64. The number of sulfonamides is 1. The largest absolute Gasteiger partial charge is 0.384 e. The Labute approximate surface area is 116 Å². The number of hydrogen-bond acceptors (Lipinski definition) is 4. The predicted molar refractivity (Wildman–Crippen MR) is 75.6 cm³/mol. The Bertz CT molecular complexity index is 717. The van der Waals surface area contributed by atoms with Gasteiger partial charge in [-0.2, -0.15) is 0 Å². The van der Waals surface area contributed by atoms with Crippen LogP contribution in [0.2, 0.25) is 5.02 Å². The van der Waals surface area contributed by atoms with E-state index >= 15 is 0 Å². The van der Waals surface area contributed by atoms with Crippen molar-refractivity contribution in [3.63, 3.8) is 0 Å². The van der Waals surface area contributed by atoms with Crippen LogP contribution in [-0.2, 0) is 10.0 Å². The number of hydrogen-bond donors (Lipinski definition) is 2. The van der Waals surface area contributed by atoms with Gasteiger partial charge in [-0.05, 0) is 30.7 Å². The smallest absolute Gasteiger partial charge is 0.262 e. The molecule has 0 unspecified atom stereocenters. The predicted octanol–water partition coefficient (Wildman–Crippen LogP) is 2.43. The first-order chi connectivity index (χ1) is 8.88. The fourth-order valence-electron chi connectivity index (χ4n) is 1.50. The molecule has 0 bridgehead atoms. The number of benzene rings is 1. The minimum atomic E-state index is -3.73. The fourth-order valence-corrected chi connectivity index (χ4v) is 2.94. The lowest BCUT2D eigenvalue weighted by molar-refractivity contribution is 0.601. The number of nitrogens with zero attached hydrogens (tertiary/aromatic N) is 1. The maximum atomic E-state index is 12.1. The Balaban J connectivity index is 2.36. The molecule has 0 saturated carbocycles. The van der Waals surface area contributed by atoms with Gasteiger partial charge in [0.05, 0.1) is 15.6 Å². The molecule has 0 spiro atoms. The SMILES string of the molecule is Cc1ccc(NS(=O)(=O)c2ccnc(N)c2)c(Cl)c1. The monoisotopic (exact) mass is 297 g/mol. The summed E-state index contributed by atoms with van der Waals surface area (Å²) < 4.78 is 26.7. The van der Waals surface area contributed by atoms with E-state index in [-0.39, 0.29) is 10.7 Å². The molecule has 1 aromatic heterocycles. The first-order valence-corrected chi connectivity index (χ1v) is 7.25. The van der Waals surface area contributed by atoms with Gasteiger partial charge in [-0.1, -0.05) is 17.7 Å². The molecule has 0 radical (unpaired) electrons. The maximum Gasteiger partial charge on any atom is 0.262 e. The normalized spacial score (nSPS) is 11.3. The average molecular weight is 298 g/mol. The minimum absolute atomic E-state index is 0.0386. The van der Waals surface area contributed by atoms with Crippen LogP contribution in [0, 0.1) is 6.92 Å². The van der Waals surface area contributed by atoms with Crippen molar-refractivity contribution in [1.29, 1.82) is 0 Å². The zero-order valence-electron chi connectivity index (χ0n) is 10.1. The number of anilines is 2. The van der Waals surface area contributed by atoms with Crippen LogP contribution in [0.3, 0.4) is 0 Å². The molecule has 100 valence electrons. The van der Waals surface area contributed by atoms with Crippen molar-refractivity contribution < 1.29 is 8.42 Å². The lowest BCUT2D eigenvalue weighted by Crippen LogP contribution is -2.13. The van der Waals surface area contributed by atoms with Gasteiger partial charge in [-0.15, -0.1) is 0 Å². The van der Waals surface area contributed by atoms with Crippen molar-refractivity contribution in [2.45, 2.75) is 11.8 Å². The summed E-state index contributed by atoms with van der Waals surface area (Å²) in [5.41, 5.74) is 6.74. The standard InChI is InChI=1S/C12H12ClN3O2S/c1-8-2-3-11(10(13)6-8)16-19(17,18)9-4-5-15-12(14)7-9/h2-7,16H,1H3,(H2,14,15). The van der Waals surface area contributed by atoms with E-state index in [2.05, 4.69) is 9.71 Å². The van der Waals surface area contributed by atoms with Crippen LogP contribution in [0.1, 0.15) is 5.56 Å². The van der Waals surface area contributed by atoms with Crippen LogP contribution in [-0.4, -0.2) is 13.4 Å². The van der Waals surface area contributed by atoms with E-state index in [1.807, 2.05) is 6.92 Å². The van der Waals surface area contributed by atoms with Gasteiger partial charge in [0.1, 0.15) is 5.82 Å². The highest BCUT2D eigenvalue weighted by atomic mass is 35.5. The lowest BCUT2D eigenvalue weighted by Gasteiger charge is -2.10. The first-order valence-electron chi connectivity index (χ1n) is 5.39. The Hall–Kier alpha value is -1.79. The highest BCUT2D eigenvalue weighted by Crippen LogP contribution is 2.25. The van der Waals surface area contributed by atoms with Crippen molar-refractivity contribution in [1.82, 2.24) is 4.98 Å². The minimum Gasteiger partial charge on any atom is -0.384 e. The number of pyridine rings is 1. The van der Waals surface area contributed by atoms with E-state index in [1.54, 1.807) is 18.2 Å². The van der Waals surface area contributed by atoms with Crippen LogP contribution in [0.4, 0.5) is 11.5 Å². The Morgan fingerprint density at radius 2 is 2.00 bits per heavy atom. The lowest BCUT2D eigenvalue weighted by atomic mass is 10.2. The van der Waals surface area contributed by atoms with Gasteiger partial charge in [0.2, 0.25) is 0 Å². The van der Waals surface area contributed by atoms with Gasteiger partial charge in [-0.3, -0.25) is 4.72 Å². The van der Waals surface area contributed by atoms with Gasteiger partial charge in [0.15, 0.2) is 0 Å². The number of nitrogens with one attached hydrogen (secondary N) is 1. The molecular weight excluding hydrogens is 286 g/mol. The molecule has 1 aromatic carbocycles. The molecule has 19 heavy (non-hydrogen) atoms. The van der Waals surface area contributed by atoms with Crippen LogP contribution in [0.25, 0.3) is 0 Å². The van der Waals surface area contributed by atoms with Crippen molar-refractivity contribution in [3.05, 3.63) is 47.1 Å². The highest BCUT2D eigenvalue weighted by Gasteiger charge is 2.16. The molecule has 0 saturated heterocycles. The molecule has 3 N–H and O–H groups in total. The number of aryl methyl sites for hydroxylation is 1. The number of nitrogen functional groups attached to an aromatic ring is 1. The fraction of sp³-hybridized carbons (Fsp3) is 0.0833. The summed E-state index contributed by atoms with van der Waals surface area (Å²) in [6, 6.07) is 7.70. The quantitative estimate of drug-likeness (QED) is 0.911. The topological polar surface area (TPSA) is 85.1 Å². The van der Waals surface area contributed by atoms with E-state index < -0.39 is 10.0 Å². The van der Waals surface area contributed by atoms with Gasteiger partial charge in [0, 0.05) is 12.3 Å². The van der Waals surface area contributed by atoms with Gasteiger partial charge in [-0.25, -0.2) is 13.4 Å². The second kappa shape index (κ2) is 5.07. The number of halogens is 1. The molecule has 1 heterocycles. The van der Waals surface area contributed by atoms with Crippen LogP contribution >= 0.6 is 11.6 Å². The molecular formula is C12H12ClN3O2S. The third kappa shape index (κ3) is 3.15. The summed E-state index contributed by atoms with van der Waals surface area (Å²) in [5, 5.41) is 0.339. The molecule has 2 rings (SSSR count). The molecule has 0 aliphatic heterocycles. The highest BCUT2D eigenvalue weighted by molar-refractivity contribution is 7.92. The van der Waals surface area contributed by atoms with E-state index in [0.717, 1.165) is 5.56 Å². The summed E-state index contributed by atoms with van der Waals surface area (Å²) in [7, 11) is -3.73. The van der Waals surface area contributed by atoms with Gasteiger partial charge >= 0.3 is 0 Å². The van der Waals surface area contributed by atoms with Crippen molar-refractivity contribution in [2.75, 3.05) is 10.5 Å². The summed E-state index contributed by atoms with van der Waals surface area (Å²) in [6.07, 6.45) is 1.33. The summed E-state index contributed by atoms with van der Waals surface area (Å²) in [6.45, 7) is 1.87. The molecule has 7 heteroatoms. The molecule has 0 atom stereocenters. The molecule has 0 aliphatic carbocycles. The molecule has 0 fully saturated rings. The average Bonchev–Trinajstić information content (AvgIpc) is 2.33. The van der Waals surface area contributed by atoms with Crippen LogP contribution in [0.15, 0.2) is 41.4 Å². The second-order valence-corrected chi connectivity index (χ2v) is 6.09. The van der Waals surface area contributed by atoms with E-state index in [0.29, 0.717) is 10.7 Å². The maximum absolute atomic E-state index is 12.1. The van der Waals surface area contributed by atoms with E-state index in [4.69, 9.17) is 17.3 Å². The zero-order valence-corrected chi connectivity index (χ0v) is 11.7. The van der Waals surface area contributed by atoms with Crippen molar-refractivity contribution >= 4 is 33.1 Å². The Morgan fingerprint density at radius 3 is 2.63 bits per heavy atom. The molecule has 0 aliphatic rings. The van der Waals surface area contributed by atoms with Gasteiger partial charge < -0.3 is 5.73 Å². The van der Waals surface area contributed by atoms with Crippen molar-refractivity contribution in [2.24, 2.45) is 0 Å². The van der Waals surface area contributed by atoms with Crippen molar-refractivity contribution in [3.8, 4) is 0 Å². The van der Waals surface area contributed by atoms with E-state index in [1.165, 1.54) is 18.3 Å². The number of nitrogens with two attached hydrogens (primary N) is 1. The number of rotatable bonds is 3. The van der Waals surface area contributed by atoms with Gasteiger partial charge in [0.25, 0.3) is 10.0 Å². The molecule has 0 amide bonds. The Morgan fingerprint density at radius 1 is 1.26 bits per heavy atom. The summed E-state index contributed by atoms with van der Waals surface area (Å²) in [4.78, 5) is 3.79. The third-order valence-corrected chi connectivity index (χ3v) is 4.11. The zero-order chi connectivity index (χ0) is 14.0. The third-order valence-electron chi connectivity index (χ3n) is 2.43. The van der Waals surface area contributed by atoms with E-state index in [9.17, 15) is 8.42 Å².